The van der Waals surface area contributed by atoms with E-state index in [1.807, 2.05) is 75.4 Å². The van der Waals surface area contributed by atoms with Crippen molar-refractivity contribution in [3.8, 4) is 22.0 Å². The molecule has 0 saturated carbocycles. The molecule has 0 atom stereocenters. The molecule has 2 aromatic heterocycles. The summed E-state index contributed by atoms with van der Waals surface area (Å²) < 4.78 is 6.80. The van der Waals surface area contributed by atoms with E-state index >= 15 is 0 Å². The Hall–Kier alpha value is -4.53. The molecule has 0 bridgehead atoms. The van der Waals surface area contributed by atoms with Crippen LogP contribution in [0.15, 0.2) is 82.6 Å². The molecule has 6 rings (SSSR count). The van der Waals surface area contributed by atoms with Gasteiger partial charge < -0.3 is 14.7 Å². The number of benzene rings is 3. The predicted molar refractivity (Wildman–Crippen MR) is 169 cm³/mol. The minimum atomic E-state index is -0.315. The number of aromatic nitrogens is 1. The quantitative estimate of drug-likeness (QED) is 0.240. The third kappa shape index (κ3) is 4.93. The minimum Gasteiger partial charge on any atom is -0.494 e. The van der Waals surface area contributed by atoms with Crippen LogP contribution in [0, 0.1) is 20.8 Å². The molecular weight excluding hydrogens is 546 g/mol. The lowest BCUT2D eigenvalue weighted by Gasteiger charge is -2.27. The molecule has 212 valence electrons. The van der Waals surface area contributed by atoms with E-state index in [0.29, 0.717) is 58.9 Å². The predicted octanol–water partition coefficient (Wildman–Crippen LogP) is 6.57. The number of carbonyl (C=O) groups excluding carboxylic acids is 1. The first kappa shape index (κ1) is 27.6. The van der Waals surface area contributed by atoms with E-state index in [0.717, 1.165) is 27.1 Å². The summed E-state index contributed by atoms with van der Waals surface area (Å²) in [6.45, 7) is 7.97. The molecule has 1 N–H and O–H groups in total. The molecule has 1 aliphatic heterocycles. The number of amides is 1. The Morgan fingerprint density at radius 3 is 2.33 bits per heavy atom. The van der Waals surface area contributed by atoms with Gasteiger partial charge >= 0.3 is 0 Å². The monoisotopic (exact) mass is 577 g/mol. The molecule has 0 unspecified atom stereocenters. The normalized spacial score (nSPS) is 13.7. The van der Waals surface area contributed by atoms with Gasteiger partial charge in [0.05, 0.1) is 30.0 Å². The van der Waals surface area contributed by atoms with Crippen molar-refractivity contribution in [1.29, 1.82) is 0 Å². The number of aliphatic imine (C=N–C) groups is 1. The van der Waals surface area contributed by atoms with Crippen LogP contribution < -0.4 is 5.56 Å². The number of aromatic hydroxyl groups is 1. The average Bonchev–Trinajstić information content (AvgIpc) is 3.35. The second kappa shape index (κ2) is 11.4. The van der Waals surface area contributed by atoms with Crippen LogP contribution in [-0.4, -0.2) is 53.0 Å². The van der Waals surface area contributed by atoms with Gasteiger partial charge in [0.2, 0.25) is 5.88 Å². The molecule has 1 saturated heterocycles. The van der Waals surface area contributed by atoms with Gasteiger partial charge in [-0.15, -0.1) is 11.3 Å². The highest BCUT2D eigenvalue weighted by Gasteiger charge is 2.27. The van der Waals surface area contributed by atoms with E-state index in [-0.39, 0.29) is 17.3 Å². The molecule has 3 heterocycles. The molecule has 1 fully saturated rings. The van der Waals surface area contributed by atoms with Crippen molar-refractivity contribution in [2.45, 2.75) is 20.8 Å². The van der Waals surface area contributed by atoms with Crippen LogP contribution in [0.4, 0.5) is 5.00 Å². The lowest BCUT2D eigenvalue weighted by molar-refractivity contribution is 0.0303. The van der Waals surface area contributed by atoms with Gasteiger partial charge in [-0.05, 0) is 61.2 Å². The van der Waals surface area contributed by atoms with Crippen molar-refractivity contribution >= 4 is 39.2 Å². The number of nitrogens with zero attached hydrogens (tertiary/aromatic N) is 3. The van der Waals surface area contributed by atoms with E-state index in [1.54, 1.807) is 29.3 Å². The fourth-order valence-electron chi connectivity index (χ4n) is 5.35. The first-order valence-corrected chi connectivity index (χ1v) is 14.7. The number of ether oxygens (including phenoxy) is 1. The van der Waals surface area contributed by atoms with E-state index in [9.17, 15) is 14.7 Å². The Labute approximate surface area is 248 Å². The first-order valence-electron chi connectivity index (χ1n) is 13.9. The van der Waals surface area contributed by atoms with Gasteiger partial charge in [-0.1, -0.05) is 54.6 Å². The molecular formula is C34H31N3O4S. The van der Waals surface area contributed by atoms with Crippen LogP contribution in [0.3, 0.4) is 0 Å². The third-order valence-electron chi connectivity index (χ3n) is 7.84. The zero-order valence-corrected chi connectivity index (χ0v) is 24.6. The van der Waals surface area contributed by atoms with Crippen molar-refractivity contribution in [3.63, 3.8) is 0 Å². The van der Waals surface area contributed by atoms with Gasteiger partial charge in [-0.3, -0.25) is 9.59 Å². The molecule has 1 amide bonds. The summed E-state index contributed by atoms with van der Waals surface area (Å²) in [5.41, 5.74) is 5.18. The number of hydrogen-bond donors (Lipinski definition) is 1. The van der Waals surface area contributed by atoms with Crippen LogP contribution >= 0.6 is 11.3 Å². The highest BCUT2D eigenvalue weighted by atomic mass is 32.1. The number of rotatable bonds is 5. The average molecular weight is 578 g/mol. The summed E-state index contributed by atoms with van der Waals surface area (Å²) in [7, 11) is 0. The van der Waals surface area contributed by atoms with Gasteiger partial charge in [-0.25, -0.2) is 9.56 Å². The Bertz CT molecular complexity index is 1900. The number of morpholine rings is 1. The fraction of sp³-hybridized carbons (Fsp3) is 0.206. The standard InChI is InChI=1S/C34H31N3O4S/c1-21-13-14-25(19-22(21)2)37-32(38)27-12-8-7-11-26(27)28(33(37)39)20-35-31-29(34(40)36-15-17-41-18-16-36)23(3)30(42-31)24-9-5-4-6-10-24/h4-14,19-20,39H,15-18H2,1-3H3. The van der Waals surface area contributed by atoms with E-state index < -0.39 is 0 Å². The highest BCUT2D eigenvalue weighted by molar-refractivity contribution is 7.19. The summed E-state index contributed by atoms with van der Waals surface area (Å²) in [6, 6.07) is 22.8. The molecule has 5 aromatic rings. The number of hydrogen-bond acceptors (Lipinski definition) is 6. The molecule has 7 nitrogen and oxygen atoms in total. The van der Waals surface area contributed by atoms with E-state index in [4.69, 9.17) is 9.73 Å². The second-order valence-electron chi connectivity index (χ2n) is 10.5. The maximum atomic E-state index is 13.8. The Kier molecular flexibility index (Phi) is 7.49. The van der Waals surface area contributed by atoms with Crippen LogP contribution in [0.5, 0.6) is 5.88 Å². The number of pyridine rings is 1. The lowest BCUT2D eigenvalue weighted by atomic mass is 10.1. The molecule has 0 radical (unpaired) electrons. The number of fused-ring (bicyclic) bond motifs is 1. The molecule has 3 aromatic carbocycles. The Morgan fingerprint density at radius 1 is 0.929 bits per heavy atom. The summed E-state index contributed by atoms with van der Waals surface area (Å²) in [5, 5.41) is 13.2. The van der Waals surface area contributed by atoms with Gasteiger partial charge in [0.25, 0.3) is 11.5 Å². The Morgan fingerprint density at radius 2 is 1.62 bits per heavy atom. The van der Waals surface area contributed by atoms with Crippen molar-refractivity contribution < 1.29 is 14.6 Å². The second-order valence-corrected chi connectivity index (χ2v) is 11.5. The molecule has 1 aliphatic rings. The molecule has 0 aliphatic carbocycles. The van der Waals surface area contributed by atoms with Crippen molar-refractivity contribution in [2.75, 3.05) is 26.3 Å². The molecule has 42 heavy (non-hydrogen) atoms. The summed E-state index contributed by atoms with van der Waals surface area (Å²) >= 11 is 1.44. The van der Waals surface area contributed by atoms with Crippen LogP contribution in [0.25, 0.3) is 26.9 Å². The molecule has 0 spiro atoms. The lowest BCUT2D eigenvalue weighted by Crippen LogP contribution is -2.40. The zero-order chi connectivity index (χ0) is 29.4. The van der Waals surface area contributed by atoms with Gasteiger partial charge in [0, 0.05) is 35.0 Å². The van der Waals surface area contributed by atoms with Gasteiger partial charge in [0.15, 0.2) is 0 Å². The van der Waals surface area contributed by atoms with Gasteiger partial charge in [-0.2, -0.15) is 0 Å². The van der Waals surface area contributed by atoms with Gasteiger partial charge in [0.1, 0.15) is 5.00 Å². The summed E-state index contributed by atoms with van der Waals surface area (Å²) in [4.78, 5) is 35.0. The summed E-state index contributed by atoms with van der Waals surface area (Å²) in [6.07, 6.45) is 1.57. The SMILES string of the molecule is Cc1ccc(-n2c(O)c(C=Nc3sc(-c4ccccc4)c(C)c3C(=O)N3CCOCC3)c3ccccc3c2=O)cc1C. The van der Waals surface area contributed by atoms with Crippen molar-refractivity contribution in [1.82, 2.24) is 9.47 Å². The maximum Gasteiger partial charge on any atom is 0.265 e. The largest absolute Gasteiger partial charge is 0.494 e. The van der Waals surface area contributed by atoms with E-state index in [2.05, 4.69) is 0 Å². The van der Waals surface area contributed by atoms with Crippen LogP contribution in [0.2, 0.25) is 0 Å². The molecule has 8 heteroatoms. The van der Waals surface area contributed by atoms with E-state index in [1.165, 1.54) is 15.9 Å². The number of thiophene rings is 1. The maximum absolute atomic E-state index is 13.8. The van der Waals surface area contributed by atoms with Crippen LogP contribution in [-0.2, 0) is 4.74 Å². The van der Waals surface area contributed by atoms with Crippen LogP contribution in [0.1, 0.15) is 32.6 Å². The first-order chi connectivity index (χ1) is 20.3. The minimum absolute atomic E-state index is 0.0874. The summed E-state index contributed by atoms with van der Waals surface area (Å²) in [5.74, 6) is -0.293. The number of carbonyl (C=O) groups is 1. The number of aryl methyl sites for hydroxylation is 2. The third-order valence-corrected chi connectivity index (χ3v) is 9.09. The van der Waals surface area contributed by atoms with Crippen molar-refractivity contribution in [3.05, 3.63) is 111 Å². The fourth-order valence-corrected chi connectivity index (χ4v) is 6.50. The Balaban J connectivity index is 1.53. The van der Waals surface area contributed by atoms with Crippen molar-refractivity contribution in [2.24, 2.45) is 4.99 Å². The zero-order valence-electron chi connectivity index (χ0n) is 23.8. The smallest absolute Gasteiger partial charge is 0.265 e. The topological polar surface area (TPSA) is 84.1 Å². The highest BCUT2D eigenvalue weighted by Crippen LogP contribution is 2.42.